The minimum absolute atomic E-state index is 0.184. The minimum atomic E-state index is -0.618. The summed E-state index contributed by atoms with van der Waals surface area (Å²) < 4.78 is 9.86. The molecule has 12 heavy (non-hydrogen) atoms. The zero-order valence-corrected chi connectivity index (χ0v) is 6.78. The molecule has 1 amide bonds. The molecule has 0 aromatic carbocycles. The second-order valence-corrected chi connectivity index (χ2v) is 2.41. The number of carbonyl (C=O) groups is 2. The maximum atomic E-state index is 10.8. The van der Waals surface area contributed by atoms with Crippen molar-refractivity contribution >= 4 is 12.4 Å². The van der Waals surface area contributed by atoms with Crippen molar-refractivity contribution in [2.45, 2.75) is 25.7 Å². The molecule has 0 aromatic rings. The molecule has 2 atom stereocenters. The van der Waals surface area contributed by atoms with E-state index >= 15 is 0 Å². The molecular weight excluding hydrogens is 162 g/mol. The molecule has 1 saturated heterocycles. The van der Waals surface area contributed by atoms with E-state index in [2.05, 4.69) is 5.32 Å². The topological polar surface area (TPSA) is 64.6 Å². The third kappa shape index (κ3) is 1.94. The number of amides is 1. The van der Waals surface area contributed by atoms with Crippen LogP contribution in [0.15, 0.2) is 0 Å². The van der Waals surface area contributed by atoms with Crippen LogP contribution in [0.1, 0.15) is 13.3 Å². The molecule has 0 spiro atoms. The Labute approximate surface area is 70.0 Å². The van der Waals surface area contributed by atoms with Crippen molar-refractivity contribution in [3.05, 3.63) is 0 Å². The first-order valence-electron chi connectivity index (χ1n) is 3.78. The predicted octanol–water partition coefficient (Wildman–Crippen LogP) is -0.590. The van der Waals surface area contributed by atoms with Crippen molar-refractivity contribution in [1.29, 1.82) is 0 Å². The highest BCUT2D eigenvalue weighted by Crippen LogP contribution is 2.15. The summed E-state index contributed by atoms with van der Waals surface area (Å²) in [5.74, 6) is -0.340. The monoisotopic (exact) mass is 173 g/mol. The Morgan fingerprint density at radius 2 is 2.58 bits per heavy atom. The molecular formula is C7H11NO4. The van der Waals surface area contributed by atoms with E-state index in [9.17, 15) is 9.59 Å². The molecule has 68 valence electrons. The first-order valence-corrected chi connectivity index (χ1v) is 3.78. The predicted molar refractivity (Wildman–Crippen MR) is 39.1 cm³/mol. The van der Waals surface area contributed by atoms with Gasteiger partial charge in [0, 0.05) is 6.61 Å². The van der Waals surface area contributed by atoms with Crippen LogP contribution in [0.5, 0.6) is 0 Å². The van der Waals surface area contributed by atoms with Crippen LogP contribution in [0.4, 0.5) is 0 Å². The molecule has 1 heterocycles. The molecule has 5 nitrogen and oxygen atoms in total. The summed E-state index contributed by atoms with van der Waals surface area (Å²) in [6.45, 7) is 2.25. The van der Waals surface area contributed by atoms with Gasteiger partial charge in [-0.15, -0.1) is 0 Å². The molecule has 0 aliphatic carbocycles. The van der Waals surface area contributed by atoms with Crippen LogP contribution in [0.3, 0.4) is 0 Å². The van der Waals surface area contributed by atoms with Crippen LogP contribution in [0, 0.1) is 0 Å². The zero-order valence-electron chi connectivity index (χ0n) is 6.78. The standard InChI is InChI=1S/C7H11NO4/c1-2-11-7-5(8-4-9)3-6(10)12-7/h4-5,7H,2-3H2,1H3,(H,8,9). The van der Waals surface area contributed by atoms with E-state index in [1.54, 1.807) is 6.92 Å². The van der Waals surface area contributed by atoms with Crippen molar-refractivity contribution < 1.29 is 19.1 Å². The molecule has 1 aliphatic heterocycles. The zero-order chi connectivity index (χ0) is 8.97. The fourth-order valence-electron chi connectivity index (χ4n) is 1.07. The minimum Gasteiger partial charge on any atom is -0.433 e. The van der Waals surface area contributed by atoms with Crippen molar-refractivity contribution in [2.75, 3.05) is 6.61 Å². The molecule has 2 unspecified atom stereocenters. The van der Waals surface area contributed by atoms with E-state index in [1.807, 2.05) is 0 Å². The highest BCUT2D eigenvalue weighted by Gasteiger charge is 2.34. The lowest BCUT2D eigenvalue weighted by atomic mass is 10.2. The van der Waals surface area contributed by atoms with E-state index in [-0.39, 0.29) is 18.4 Å². The van der Waals surface area contributed by atoms with Gasteiger partial charge >= 0.3 is 5.97 Å². The number of cyclic esters (lactones) is 1. The third-order valence-corrected chi connectivity index (χ3v) is 1.58. The van der Waals surface area contributed by atoms with Gasteiger partial charge in [0.05, 0.1) is 6.42 Å². The number of rotatable bonds is 4. The van der Waals surface area contributed by atoms with Crippen molar-refractivity contribution in [3.63, 3.8) is 0 Å². The van der Waals surface area contributed by atoms with E-state index < -0.39 is 6.29 Å². The first kappa shape index (κ1) is 8.99. The average Bonchev–Trinajstić information content (AvgIpc) is 2.33. The summed E-state index contributed by atoms with van der Waals surface area (Å²) in [6, 6.07) is -0.338. The van der Waals surface area contributed by atoms with Crippen LogP contribution >= 0.6 is 0 Å². The lowest BCUT2D eigenvalue weighted by Crippen LogP contribution is -2.37. The molecule has 0 bridgehead atoms. The highest BCUT2D eigenvalue weighted by molar-refractivity contribution is 5.73. The van der Waals surface area contributed by atoms with Gasteiger partial charge in [-0.25, -0.2) is 0 Å². The molecule has 1 N–H and O–H groups in total. The van der Waals surface area contributed by atoms with Crippen LogP contribution in [-0.4, -0.2) is 31.3 Å². The fraction of sp³-hybridized carbons (Fsp3) is 0.714. The molecule has 5 heteroatoms. The van der Waals surface area contributed by atoms with Gasteiger partial charge in [0.1, 0.15) is 6.04 Å². The summed E-state index contributed by atoms with van der Waals surface area (Å²) in [7, 11) is 0. The Morgan fingerprint density at radius 3 is 3.17 bits per heavy atom. The van der Waals surface area contributed by atoms with Crippen LogP contribution < -0.4 is 5.32 Å². The molecule has 0 saturated carbocycles. The Hall–Kier alpha value is -1.10. The fourth-order valence-corrected chi connectivity index (χ4v) is 1.07. The Bertz CT molecular complexity index is 182. The van der Waals surface area contributed by atoms with Crippen LogP contribution in [0.2, 0.25) is 0 Å². The summed E-state index contributed by atoms with van der Waals surface area (Å²) in [5.41, 5.74) is 0. The first-order chi connectivity index (χ1) is 5.77. The summed E-state index contributed by atoms with van der Waals surface area (Å²) in [6.07, 6.45) is 0.106. The van der Waals surface area contributed by atoms with Crippen molar-refractivity contribution in [2.24, 2.45) is 0 Å². The lowest BCUT2D eigenvalue weighted by molar-refractivity contribution is -0.164. The van der Waals surface area contributed by atoms with E-state index in [0.717, 1.165) is 0 Å². The maximum Gasteiger partial charge on any atom is 0.310 e. The van der Waals surface area contributed by atoms with Gasteiger partial charge in [0.25, 0.3) is 0 Å². The number of nitrogens with one attached hydrogen (secondary N) is 1. The summed E-state index contributed by atoms with van der Waals surface area (Å²) in [4.78, 5) is 20.8. The number of ether oxygens (including phenoxy) is 2. The van der Waals surface area contributed by atoms with Crippen molar-refractivity contribution in [3.8, 4) is 0 Å². The second kappa shape index (κ2) is 4.06. The molecule has 0 aromatic heterocycles. The van der Waals surface area contributed by atoms with Gasteiger partial charge in [-0.3, -0.25) is 9.59 Å². The number of esters is 1. The van der Waals surface area contributed by atoms with Gasteiger partial charge in [-0.2, -0.15) is 0 Å². The largest absolute Gasteiger partial charge is 0.433 e. The lowest BCUT2D eigenvalue weighted by Gasteiger charge is -2.15. The van der Waals surface area contributed by atoms with E-state index in [1.165, 1.54) is 0 Å². The summed E-state index contributed by atoms with van der Waals surface area (Å²) >= 11 is 0. The van der Waals surface area contributed by atoms with Crippen LogP contribution in [-0.2, 0) is 19.1 Å². The van der Waals surface area contributed by atoms with Crippen molar-refractivity contribution in [1.82, 2.24) is 5.32 Å². The van der Waals surface area contributed by atoms with Gasteiger partial charge in [0.2, 0.25) is 12.7 Å². The van der Waals surface area contributed by atoms with Gasteiger partial charge in [-0.1, -0.05) is 0 Å². The van der Waals surface area contributed by atoms with Gasteiger partial charge < -0.3 is 14.8 Å². The Morgan fingerprint density at radius 1 is 1.83 bits per heavy atom. The van der Waals surface area contributed by atoms with Gasteiger partial charge in [0.15, 0.2) is 0 Å². The normalized spacial score (nSPS) is 28.2. The van der Waals surface area contributed by atoms with E-state index in [4.69, 9.17) is 9.47 Å². The second-order valence-electron chi connectivity index (χ2n) is 2.41. The van der Waals surface area contributed by atoms with E-state index in [0.29, 0.717) is 13.0 Å². The maximum absolute atomic E-state index is 10.8. The molecule has 1 rings (SSSR count). The summed E-state index contributed by atoms with van der Waals surface area (Å²) in [5, 5.41) is 2.46. The average molecular weight is 173 g/mol. The SMILES string of the molecule is CCOC1OC(=O)CC1NC=O. The van der Waals surface area contributed by atoms with Crippen LogP contribution in [0.25, 0.3) is 0 Å². The molecule has 0 radical (unpaired) electrons. The number of hydrogen-bond donors (Lipinski definition) is 1. The Kier molecular flexibility index (Phi) is 3.04. The number of carbonyl (C=O) groups excluding carboxylic acids is 2. The smallest absolute Gasteiger partial charge is 0.310 e. The quantitative estimate of drug-likeness (QED) is 0.456. The highest BCUT2D eigenvalue weighted by atomic mass is 16.7. The number of hydrogen-bond acceptors (Lipinski definition) is 4. The van der Waals surface area contributed by atoms with Gasteiger partial charge in [-0.05, 0) is 6.92 Å². The molecule has 1 fully saturated rings. The third-order valence-electron chi connectivity index (χ3n) is 1.58. The Balaban J connectivity index is 2.46. The molecule has 1 aliphatic rings.